The molecule has 0 aliphatic rings. The smallest absolute Gasteiger partial charge is 0.332 e. The van der Waals surface area contributed by atoms with E-state index in [1.165, 1.54) is 13.2 Å². The summed E-state index contributed by atoms with van der Waals surface area (Å²) in [5.41, 5.74) is 1.94. The Labute approximate surface area is 121 Å². The van der Waals surface area contributed by atoms with Crippen LogP contribution in [-0.2, 0) is 9.53 Å². The van der Waals surface area contributed by atoms with Crippen LogP contribution in [0.2, 0.25) is 0 Å². The zero-order valence-corrected chi connectivity index (χ0v) is 11.7. The number of aryl methyl sites for hydroxylation is 1. The van der Waals surface area contributed by atoms with Crippen LogP contribution in [0.25, 0.3) is 0 Å². The fourth-order valence-corrected chi connectivity index (χ4v) is 1.98. The van der Waals surface area contributed by atoms with Gasteiger partial charge in [0.15, 0.2) is 17.7 Å². The maximum Gasteiger partial charge on any atom is 0.332 e. The van der Waals surface area contributed by atoms with Gasteiger partial charge in [-0.25, -0.2) is 13.6 Å². The Kier molecular flexibility index (Phi) is 4.52. The van der Waals surface area contributed by atoms with Crippen molar-refractivity contribution in [1.82, 2.24) is 0 Å². The van der Waals surface area contributed by atoms with Crippen molar-refractivity contribution < 1.29 is 18.3 Å². The van der Waals surface area contributed by atoms with Gasteiger partial charge in [-0.1, -0.05) is 24.3 Å². The van der Waals surface area contributed by atoms with Gasteiger partial charge in [-0.2, -0.15) is 0 Å². The second-order valence-corrected chi connectivity index (χ2v) is 4.59. The number of esters is 1. The van der Waals surface area contributed by atoms with Crippen molar-refractivity contribution in [2.75, 3.05) is 12.4 Å². The number of para-hydroxylation sites is 1. The minimum Gasteiger partial charge on any atom is -0.467 e. The topological polar surface area (TPSA) is 38.3 Å². The lowest BCUT2D eigenvalue weighted by Crippen LogP contribution is -2.23. The molecule has 0 fully saturated rings. The van der Waals surface area contributed by atoms with Crippen LogP contribution in [-0.4, -0.2) is 13.1 Å². The van der Waals surface area contributed by atoms with Crippen molar-refractivity contribution in [2.45, 2.75) is 13.0 Å². The van der Waals surface area contributed by atoms with Crippen LogP contribution in [0.15, 0.2) is 42.5 Å². The highest BCUT2D eigenvalue weighted by Gasteiger charge is 2.23. The van der Waals surface area contributed by atoms with Gasteiger partial charge in [0.05, 0.1) is 7.11 Å². The number of benzene rings is 2. The predicted molar refractivity (Wildman–Crippen MR) is 75.9 cm³/mol. The molecular weight excluding hydrogens is 276 g/mol. The minimum absolute atomic E-state index is 0.295. The van der Waals surface area contributed by atoms with Crippen LogP contribution < -0.4 is 5.32 Å². The van der Waals surface area contributed by atoms with E-state index in [-0.39, 0.29) is 0 Å². The molecule has 0 saturated heterocycles. The number of nitrogens with one attached hydrogen (secondary N) is 1. The highest BCUT2D eigenvalue weighted by Crippen LogP contribution is 2.24. The summed E-state index contributed by atoms with van der Waals surface area (Å²) in [5, 5.41) is 3.00. The number of rotatable bonds is 4. The number of anilines is 1. The van der Waals surface area contributed by atoms with Crippen molar-refractivity contribution in [1.29, 1.82) is 0 Å². The fraction of sp³-hybridized carbons (Fsp3) is 0.188. The number of ether oxygens (including phenoxy) is 1. The van der Waals surface area contributed by atoms with Crippen molar-refractivity contribution in [3.8, 4) is 0 Å². The molecule has 21 heavy (non-hydrogen) atoms. The van der Waals surface area contributed by atoms with Gasteiger partial charge < -0.3 is 10.1 Å². The average Bonchev–Trinajstić information content (AvgIpc) is 2.48. The predicted octanol–water partition coefficient (Wildman–Crippen LogP) is 3.60. The molecule has 2 aromatic carbocycles. The molecule has 0 aliphatic carbocycles. The Morgan fingerprint density at radius 2 is 1.86 bits per heavy atom. The van der Waals surface area contributed by atoms with Crippen molar-refractivity contribution in [2.24, 2.45) is 0 Å². The van der Waals surface area contributed by atoms with E-state index in [2.05, 4.69) is 5.32 Å². The van der Waals surface area contributed by atoms with Gasteiger partial charge in [-0.05, 0) is 36.2 Å². The summed E-state index contributed by atoms with van der Waals surface area (Å²) in [6.45, 7) is 1.88. The number of carbonyl (C=O) groups excluding carboxylic acids is 1. The van der Waals surface area contributed by atoms with E-state index in [1.54, 1.807) is 6.07 Å². The Hall–Kier alpha value is -2.43. The molecule has 0 aromatic heterocycles. The number of carbonyl (C=O) groups is 1. The lowest BCUT2D eigenvalue weighted by Gasteiger charge is -2.19. The maximum atomic E-state index is 13.4. The molecule has 0 spiro atoms. The average molecular weight is 291 g/mol. The Balaban J connectivity index is 2.37. The quantitative estimate of drug-likeness (QED) is 0.875. The van der Waals surface area contributed by atoms with Crippen LogP contribution in [0.4, 0.5) is 14.5 Å². The third-order valence-electron chi connectivity index (χ3n) is 3.16. The summed E-state index contributed by atoms with van der Waals surface area (Å²) in [4.78, 5) is 11.9. The first-order valence-corrected chi connectivity index (χ1v) is 6.38. The van der Waals surface area contributed by atoms with Crippen LogP contribution in [0.5, 0.6) is 0 Å². The largest absolute Gasteiger partial charge is 0.467 e. The summed E-state index contributed by atoms with van der Waals surface area (Å²) in [5.74, 6) is -2.55. The number of hydrogen-bond donors (Lipinski definition) is 1. The molecule has 110 valence electrons. The monoisotopic (exact) mass is 291 g/mol. The van der Waals surface area contributed by atoms with Crippen LogP contribution in [0.3, 0.4) is 0 Å². The van der Waals surface area contributed by atoms with E-state index in [0.717, 1.165) is 23.4 Å². The normalized spacial score (nSPS) is 11.8. The third kappa shape index (κ3) is 3.37. The first kappa shape index (κ1) is 15.0. The Bertz CT molecular complexity index is 658. The minimum atomic E-state index is -1.01. The van der Waals surface area contributed by atoms with E-state index in [1.807, 2.05) is 25.1 Å². The molecule has 0 amide bonds. The van der Waals surface area contributed by atoms with E-state index >= 15 is 0 Å². The third-order valence-corrected chi connectivity index (χ3v) is 3.16. The molecule has 1 atom stereocenters. The lowest BCUT2D eigenvalue weighted by atomic mass is 10.1. The van der Waals surface area contributed by atoms with Gasteiger partial charge in [0.2, 0.25) is 0 Å². The zero-order valence-electron chi connectivity index (χ0n) is 11.7. The molecule has 5 heteroatoms. The van der Waals surface area contributed by atoms with Crippen molar-refractivity contribution in [3.63, 3.8) is 0 Å². The highest BCUT2D eigenvalue weighted by molar-refractivity contribution is 5.81. The summed E-state index contributed by atoms with van der Waals surface area (Å²) in [7, 11) is 1.24. The first-order valence-electron chi connectivity index (χ1n) is 6.38. The zero-order chi connectivity index (χ0) is 15.4. The van der Waals surface area contributed by atoms with Crippen LogP contribution >= 0.6 is 0 Å². The summed E-state index contributed by atoms with van der Waals surface area (Å²) in [6.07, 6.45) is 0. The standard InChI is InChI=1S/C16H15F2NO2/c1-10-5-3-4-6-14(10)19-15(16(20)21-2)11-7-8-12(17)13(18)9-11/h3-9,15,19H,1-2H3. The van der Waals surface area contributed by atoms with Gasteiger partial charge in [-0.15, -0.1) is 0 Å². The molecule has 0 radical (unpaired) electrons. The molecule has 3 nitrogen and oxygen atoms in total. The molecule has 1 N–H and O–H groups in total. The maximum absolute atomic E-state index is 13.4. The summed E-state index contributed by atoms with van der Waals surface area (Å²) in [6, 6.07) is 9.77. The van der Waals surface area contributed by atoms with E-state index in [9.17, 15) is 13.6 Å². The van der Waals surface area contributed by atoms with Gasteiger partial charge in [0, 0.05) is 5.69 Å². The van der Waals surface area contributed by atoms with Gasteiger partial charge in [0.1, 0.15) is 0 Å². The second-order valence-electron chi connectivity index (χ2n) is 4.59. The molecule has 0 heterocycles. The van der Waals surface area contributed by atoms with E-state index < -0.39 is 23.6 Å². The van der Waals surface area contributed by atoms with E-state index in [4.69, 9.17) is 4.74 Å². The Morgan fingerprint density at radius 1 is 1.14 bits per heavy atom. The van der Waals surface area contributed by atoms with Crippen LogP contribution in [0, 0.1) is 18.6 Å². The van der Waals surface area contributed by atoms with Crippen molar-refractivity contribution in [3.05, 3.63) is 65.2 Å². The first-order chi connectivity index (χ1) is 10.0. The molecule has 0 saturated carbocycles. The molecule has 0 bridgehead atoms. The highest BCUT2D eigenvalue weighted by atomic mass is 19.2. The number of halogens is 2. The summed E-state index contributed by atoms with van der Waals surface area (Å²) >= 11 is 0. The van der Waals surface area contributed by atoms with Gasteiger partial charge in [-0.3, -0.25) is 0 Å². The van der Waals surface area contributed by atoms with Crippen LogP contribution in [0.1, 0.15) is 17.2 Å². The molecule has 1 unspecified atom stereocenters. The Morgan fingerprint density at radius 3 is 2.48 bits per heavy atom. The molecular formula is C16H15F2NO2. The SMILES string of the molecule is COC(=O)C(Nc1ccccc1C)c1ccc(F)c(F)c1. The molecule has 2 aromatic rings. The molecule has 2 rings (SSSR count). The van der Waals surface area contributed by atoms with Gasteiger partial charge in [0.25, 0.3) is 0 Å². The van der Waals surface area contributed by atoms with Gasteiger partial charge >= 0.3 is 5.97 Å². The fourth-order valence-electron chi connectivity index (χ4n) is 1.98. The van der Waals surface area contributed by atoms with Crippen molar-refractivity contribution >= 4 is 11.7 Å². The van der Waals surface area contributed by atoms with E-state index in [0.29, 0.717) is 5.56 Å². The number of methoxy groups -OCH3 is 1. The lowest BCUT2D eigenvalue weighted by molar-refractivity contribution is -0.141. The second kappa shape index (κ2) is 6.35. The number of hydrogen-bond acceptors (Lipinski definition) is 3. The summed E-state index contributed by atoms with van der Waals surface area (Å²) < 4.78 is 31.1. The molecule has 0 aliphatic heterocycles.